The smallest absolute Gasteiger partial charge is 0.240 e. The number of sulfonamides is 1. The van der Waals surface area contributed by atoms with E-state index in [1.165, 1.54) is 0 Å². The molecule has 0 bridgehead atoms. The Morgan fingerprint density at radius 1 is 1.37 bits per heavy atom. The fraction of sp³-hybridized carbons (Fsp3) is 0.429. The molecule has 2 N–H and O–H groups in total. The molecule has 1 aliphatic rings. The third-order valence-corrected chi connectivity index (χ3v) is 4.53. The zero-order valence-electron chi connectivity index (χ0n) is 11.1. The monoisotopic (exact) mass is 280 g/mol. The average Bonchev–Trinajstić information content (AvgIpc) is 3.13. The fourth-order valence-electron chi connectivity index (χ4n) is 1.81. The Bertz CT molecular complexity index is 533. The van der Waals surface area contributed by atoms with Crippen LogP contribution in [0.3, 0.4) is 0 Å². The molecule has 1 aromatic carbocycles. The molecule has 0 aromatic heterocycles. The quantitative estimate of drug-likeness (QED) is 0.754. The lowest BCUT2D eigenvalue weighted by Crippen LogP contribution is -2.25. The minimum absolute atomic E-state index is 0.135. The van der Waals surface area contributed by atoms with E-state index in [0.717, 1.165) is 24.9 Å². The Hall–Kier alpha value is -1.33. The third-order valence-electron chi connectivity index (χ3n) is 3.00. The van der Waals surface area contributed by atoms with E-state index >= 15 is 0 Å². The molecule has 1 saturated carbocycles. The molecular weight excluding hydrogens is 260 g/mol. The second-order valence-corrected chi connectivity index (χ2v) is 6.70. The van der Waals surface area contributed by atoms with Gasteiger partial charge >= 0.3 is 0 Å². The number of hydrogen-bond acceptors (Lipinski definition) is 3. The lowest BCUT2D eigenvalue weighted by molar-refractivity contribution is 0.581. The standard InChI is InChI=1S/C14H20N2O2S/c1-3-4-11(2)15-12-7-9-14(10-8-12)19(17,18)16-13-5-6-13/h3,7-11,13,15-16H,1,4-6H2,2H3. The van der Waals surface area contributed by atoms with E-state index < -0.39 is 10.0 Å². The minimum Gasteiger partial charge on any atom is -0.382 e. The molecule has 5 heteroatoms. The number of rotatable bonds is 7. The lowest BCUT2D eigenvalue weighted by Gasteiger charge is -2.13. The highest BCUT2D eigenvalue weighted by Crippen LogP contribution is 2.23. The van der Waals surface area contributed by atoms with Gasteiger partial charge in [-0.05, 0) is 50.5 Å². The highest BCUT2D eigenvalue weighted by Gasteiger charge is 2.27. The van der Waals surface area contributed by atoms with Crippen LogP contribution in [0.5, 0.6) is 0 Å². The predicted molar refractivity (Wildman–Crippen MR) is 77.7 cm³/mol. The van der Waals surface area contributed by atoms with Gasteiger partial charge in [-0.15, -0.1) is 6.58 Å². The summed E-state index contributed by atoms with van der Waals surface area (Å²) in [4.78, 5) is 0.321. The van der Waals surface area contributed by atoms with Crippen molar-refractivity contribution < 1.29 is 8.42 Å². The molecule has 1 unspecified atom stereocenters. The van der Waals surface area contributed by atoms with Gasteiger partial charge < -0.3 is 5.32 Å². The maximum Gasteiger partial charge on any atom is 0.240 e. The first-order chi connectivity index (χ1) is 9.01. The highest BCUT2D eigenvalue weighted by molar-refractivity contribution is 7.89. The highest BCUT2D eigenvalue weighted by atomic mass is 32.2. The molecule has 2 rings (SSSR count). The summed E-state index contributed by atoms with van der Waals surface area (Å²) < 4.78 is 26.6. The van der Waals surface area contributed by atoms with Crippen molar-refractivity contribution >= 4 is 15.7 Å². The normalized spacial score (nSPS) is 16.9. The van der Waals surface area contributed by atoms with Crippen LogP contribution in [0.2, 0.25) is 0 Å². The van der Waals surface area contributed by atoms with E-state index in [0.29, 0.717) is 4.90 Å². The van der Waals surface area contributed by atoms with Crippen molar-refractivity contribution in [2.75, 3.05) is 5.32 Å². The number of hydrogen-bond donors (Lipinski definition) is 2. The van der Waals surface area contributed by atoms with Crippen LogP contribution in [0.4, 0.5) is 5.69 Å². The van der Waals surface area contributed by atoms with Crippen LogP contribution < -0.4 is 10.0 Å². The Kier molecular flexibility index (Phi) is 4.27. The Morgan fingerprint density at radius 2 is 2.00 bits per heavy atom. The molecule has 1 atom stereocenters. The van der Waals surface area contributed by atoms with Gasteiger partial charge in [0.2, 0.25) is 10.0 Å². The van der Waals surface area contributed by atoms with Crippen molar-refractivity contribution in [1.29, 1.82) is 0 Å². The van der Waals surface area contributed by atoms with Crippen LogP contribution in [0.25, 0.3) is 0 Å². The summed E-state index contributed by atoms with van der Waals surface area (Å²) >= 11 is 0. The molecule has 19 heavy (non-hydrogen) atoms. The molecule has 1 aliphatic carbocycles. The summed E-state index contributed by atoms with van der Waals surface area (Å²) in [6.07, 6.45) is 4.61. The van der Waals surface area contributed by atoms with E-state index in [9.17, 15) is 8.42 Å². The van der Waals surface area contributed by atoms with E-state index in [1.807, 2.05) is 6.08 Å². The first-order valence-electron chi connectivity index (χ1n) is 6.51. The van der Waals surface area contributed by atoms with E-state index in [-0.39, 0.29) is 12.1 Å². The molecule has 1 aromatic rings. The Balaban J connectivity index is 2.03. The summed E-state index contributed by atoms with van der Waals surface area (Å²) in [6.45, 7) is 5.75. The van der Waals surface area contributed by atoms with Gasteiger partial charge in [0, 0.05) is 17.8 Å². The van der Waals surface area contributed by atoms with Crippen molar-refractivity contribution in [1.82, 2.24) is 4.72 Å². The fourth-order valence-corrected chi connectivity index (χ4v) is 3.12. The van der Waals surface area contributed by atoms with Crippen LogP contribution in [-0.2, 0) is 10.0 Å². The van der Waals surface area contributed by atoms with Crippen molar-refractivity contribution in [3.8, 4) is 0 Å². The van der Waals surface area contributed by atoms with Gasteiger partial charge in [-0.1, -0.05) is 6.08 Å². The van der Waals surface area contributed by atoms with E-state index in [2.05, 4.69) is 23.5 Å². The Labute approximate surface area is 115 Å². The SMILES string of the molecule is C=CCC(C)Nc1ccc(S(=O)(=O)NC2CC2)cc1. The lowest BCUT2D eigenvalue weighted by atomic mass is 10.2. The maximum atomic E-state index is 12.0. The summed E-state index contributed by atoms with van der Waals surface area (Å²) in [7, 11) is -3.35. The van der Waals surface area contributed by atoms with Crippen LogP contribution in [-0.4, -0.2) is 20.5 Å². The number of anilines is 1. The summed E-state index contributed by atoms with van der Waals surface area (Å²) in [6, 6.07) is 7.27. The molecule has 1 fully saturated rings. The second kappa shape index (κ2) is 5.75. The third kappa shape index (κ3) is 4.08. The first-order valence-corrected chi connectivity index (χ1v) is 7.99. The minimum atomic E-state index is -3.35. The molecule has 104 valence electrons. The molecule has 4 nitrogen and oxygen atoms in total. The zero-order valence-corrected chi connectivity index (χ0v) is 11.9. The average molecular weight is 280 g/mol. The van der Waals surface area contributed by atoms with E-state index in [4.69, 9.17) is 0 Å². The van der Waals surface area contributed by atoms with Gasteiger partial charge in [0.1, 0.15) is 0 Å². The Morgan fingerprint density at radius 3 is 2.53 bits per heavy atom. The van der Waals surface area contributed by atoms with Crippen LogP contribution in [0.1, 0.15) is 26.2 Å². The second-order valence-electron chi connectivity index (χ2n) is 4.99. The molecular formula is C14H20N2O2S. The summed E-state index contributed by atoms with van der Waals surface area (Å²) in [5.74, 6) is 0. The van der Waals surface area contributed by atoms with Crippen molar-refractivity contribution in [2.45, 2.75) is 43.2 Å². The first kappa shape index (κ1) is 14.1. The van der Waals surface area contributed by atoms with Gasteiger partial charge in [0.15, 0.2) is 0 Å². The summed E-state index contributed by atoms with van der Waals surface area (Å²) in [5.41, 5.74) is 0.916. The van der Waals surface area contributed by atoms with Gasteiger partial charge in [0.05, 0.1) is 4.90 Å². The van der Waals surface area contributed by atoms with Gasteiger partial charge in [-0.25, -0.2) is 13.1 Å². The molecule has 0 heterocycles. The molecule has 0 radical (unpaired) electrons. The number of nitrogens with one attached hydrogen (secondary N) is 2. The van der Waals surface area contributed by atoms with Gasteiger partial charge in [-0.2, -0.15) is 0 Å². The zero-order chi connectivity index (χ0) is 13.9. The molecule has 0 saturated heterocycles. The van der Waals surface area contributed by atoms with Crippen molar-refractivity contribution in [2.24, 2.45) is 0 Å². The van der Waals surface area contributed by atoms with Gasteiger partial charge in [-0.3, -0.25) is 0 Å². The van der Waals surface area contributed by atoms with Crippen LogP contribution >= 0.6 is 0 Å². The molecule has 0 amide bonds. The number of benzene rings is 1. The van der Waals surface area contributed by atoms with E-state index in [1.54, 1.807) is 24.3 Å². The van der Waals surface area contributed by atoms with Crippen LogP contribution in [0, 0.1) is 0 Å². The summed E-state index contributed by atoms with van der Waals surface area (Å²) in [5, 5.41) is 3.29. The van der Waals surface area contributed by atoms with Crippen molar-refractivity contribution in [3.05, 3.63) is 36.9 Å². The van der Waals surface area contributed by atoms with Crippen LogP contribution in [0.15, 0.2) is 41.8 Å². The topological polar surface area (TPSA) is 58.2 Å². The largest absolute Gasteiger partial charge is 0.382 e. The molecule has 0 aliphatic heterocycles. The van der Waals surface area contributed by atoms with Gasteiger partial charge in [0.25, 0.3) is 0 Å². The van der Waals surface area contributed by atoms with Crippen molar-refractivity contribution in [3.63, 3.8) is 0 Å². The molecule has 0 spiro atoms. The maximum absolute atomic E-state index is 12.0. The predicted octanol–water partition coefficient (Wildman–Crippen LogP) is 2.50.